The van der Waals surface area contributed by atoms with E-state index in [-0.39, 0.29) is 11.2 Å². The van der Waals surface area contributed by atoms with Crippen LogP contribution in [0.2, 0.25) is 0 Å². The summed E-state index contributed by atoms with van der Waals surface area (Å²) < 4.78 is 33.4. The molecule has 1 heterocycles. The van der Waals surface area contributed by atoms with Crippen molar-refractivity contribution in [2.45, 2.75) is 91.4 Å². The maximum Gasteiger partial charge on any atom is 0.394 e. The van der Waals surface area contributed by atoms with Crippen LogP contribution in [0.3, 0.4) is 0 Å². The van der Waals surface area contributed by atoms with Crippen molar-refractivity contribution in [1.29, 1.82) is 0 Å². The second-order valence-electron chi connectivity index (χ2n) is 12.1. The van der Waals surface area contributed by atoms with E-state index in [2.05, 4.69) is 53.6 Å². The molecule has 0 saturated heterocycles. The predicted octanol–water partition coefficient (Wildman–Crippen LogP) is 7.86. The molecule has 0 bridgehead atoms. The molecule has 1 aliphatic carbocycles. The molecule has 1 fully saturated rings. The molecule has 5 nitrogen and oxygen atoms in total. The molecule has 2 aromatic carbocycles. The summed E-state index contributed by atoms with van der Waals surface area (Å²) in [5.41, 5.74) is 3.39. The van der Waals surface area contributed by atoms with E-state index < -0.39 is 11.7 Å². The molecule has 1 aromatic heterocycles. The summed E-state index contributed by atoms with van der Waals surface area (Å²) in [6, 6.07) is 13.2. The zero-order valence-electron chi connectivity index (χ0n) is 22.2. The first-order valence-electron chi connectivity index (χ1n) is 12.8. The quantitative estimate of drug-likeness (QED) is 0.331. The summed E-state index contributed by atoms with van der Waals surface area (Å²) in [4.78, 5) is 4.98. The lowest BCUT2D eigenvalue weighted by Gasteiger charge is -2.40. The van der Waals surface area contributed by atoms with Crippen LogP contribution < -0.4 is 10.1 Å². The highest BCUT2D eigenvalue weighted by Crippen LogP contribution is 2.46. The number of rotatable bonds is 8. The van der Waals surface area contributed by atoms with E-state index in [0.717, 1.165) is 54.4 Å². The van der Waals surface area contributed by atoms with Gasteiger partial charge in [-0.05, 0) is 99.2 Å². The van der Waals surface area contributed by atoms with E-state index in [1.54, 1.807) is 12.1 Å². The fourth-order valence-corrected chi connectivity index (χ4v) is 5.64. The molecule has 196 valence electrons. The van der Waals surface area contributed by atoms with E-state index in [4.69, 9.17) is 4.98 Å². The Hall–Kier alpha value is -2.67. The summed E-state index contributed by atoms with van der Waals surface area (Å²) in [6.45, 7) is 11.4. The number of hydrogen-bond acceptors (Lipinski definition) is 4. The first-order valence-corrected chi connectivity index (χ1v) is 12.8. The van der Waals surface area contributed by atoms with E-state index in [1.165, 1.54) is 18.6 Å². The number of ether oxygens (including phenoxy) is 1. The molecule has 36 heavy (non-hydrogen) atoms. The van der Waals surface area contributed by atoms with Gasteiger partial charge < -0.3 is 19.7 Å². The van der Waals surface area contributed by atoms with Crippen molar-refractivity contribution in [2.24, 2.45) is 11.3 Å². The number of hydrogen-bond donors (Lipinski definition) is 2. The standard InChI is InChI=1S/C29H39F2N3O2/c1-19-15-22(18-27(2,3)17-19)34-25-12-7-20(13-14-28(4,5)35)16-24(25)33-26(34)32-21-8-10-23(11-9-21)36-29(6,30)31/h7-12,16,19,22,35H,13-15,17-18H2,1-6H3,(H,32,33)/t19-,22+/m1/s1. The fourth-order valence-electron chi connectivity index (χ4n) is 5.64. The maximum atomic E-state index is 13.2. The van der Waals surface area contributed by atoms with Crippen LogP contribution >= 0.6 is 0 Å². The number of fused-ring (bicyclic) bond motifs is 1. The van der Waals surface area contributed by atoms with Crippen LogP contribution in [0.1, 0.15) is 78.8 Å². The maximum absolute atomic E-state index is 13.2. The van der Waals surface area contributed by atoms with Crippen molar-refractivity contribution in [3.8, 4) is 5.75 Å². The third kappa shape index (κ3) is 6.75. The van der Waals surface area contributed by atoms with Gasteiger partial charge in [0.05, 0.1) is 16.6 Å². The number of aliphatic hydroxyl groups is 1. The normalized spacial score (nSPS) is 20.5. The van der Waals surface area contributed by atoms with Gasteiger partial charge in [-0.25, -0.2) is 4.98 Å². The highest BCUT2D eigenvalue weighted by atomic mass is 19.3. The van der Waals surface area contributed by atoms with Gasteiger partial charge in [0.1, 0.15) is 5.75 Å². The van der Waals surface area contributed by atoms with Gasteiger partial charge in [0.25, 0.3) is 0 Å². The zero-order chi connectivity index (χ0) is 26.3. The Morgan fingerprint density at radius 2 is 1.81 bits per heavy atom. The number of nitrogens with zero attached hydrogens (tertiary/aromatic N) is 2. The Labute approximate surface area is 212 Å². The first-order chi connectivity index (χ1) is 16.7. The molecule has 7 heteroatoms. The molecule has 1 aliphatic rings. The minimum absolute atomic E-state index is 0.112. The third-order valence-corrected chi connectivity index (χ3v) is 6.92. The molecule has 2 atom stereocenters. The van der Waals surface area contributed by atoms with E-state index >= 15 is 0 Å². The van der Waals surface area contributed by atoms with Crippen LogP contribution in [0.5, 0.6) is 5.75 Å². The van der Waals surface area contributed by atoms with Crippen molar-refractivity contribution < 1.29 is 18.6 Å². The van der Waals surface area contributed by atoms with Crippen LogP contribution in [-0.2, 0) is 6.42 Å². The van der Waals surface area contributed by atoms with Gasteiger partial charge in [-0.2, -0.15) is 8.78 Å². The van der Waals surface area contributed by atoms with Crippen molar-refractivity contribution in [1.82, 2.24) is 9.55 Å². The number of anilines is 2. The zero-order valence-corrected chi connectivity index (χ0v) is 22.2. The van der Waals surface area contributed by atoms with Crippen LogP contribution in [0, 0.1) is 11.3 Å². The van der Waals surface area contributed by atoms with Crippen LogP contribution in [0.4, 0.5) is 20.4 Å². The van der Waals surface area contributed by atoms with Gasteiger partial charge in [-0.3, -0.25) is 0 Å². The summed E-state index contributed by atoms with van der Waals surface area (Å²) in [5.74, 6) is 1.46. The van der Waals surface area contributed by atoms with Crippen molar-refractivity contribution in [3.05, 3.63) is 48.0 Å². The van der Waals surface area contributed by atoms with Crippen LogP contribution in [0.25, 0.3) is 11.0 Å². The van der Waals surface area contributed by atoms with Gasteiger partial charge in [0, 0.05) is 18.7 Å². The second-order valence-corrected chi connectivity index (χ2v) is 12.1. The smallest absolute Gasteiger partial charge is 0.394 e. The molecule has 0 unspecified atom stereocenters. The molecule has 2 N–H and O–H groups in total. The summed E-state index contributed by atoms with van der Waals surface area (Å²) in [6.07, 6.45) is 1.54. The van der Waals surface area contributed by atoms with Gasteiger partial charge in [0.2, 0.25) is 5.95 Å². The molecular weight excluding hydrogens is 460 g/mol. The highest BCUT2D eigenvalue weighted by molar-refractivity contribution is 5.81. The van der Waals surface area contributed by atoms with E-state index in [1.807, 2.05) is 13.8 Å². The number of halogens is 2. The van der Waals surface area contributed by atoms with Crippen LogP contribution in [-0.4, -0.2) is 26.4 Å². The highest BCUT2D eigenvalue weighted by Gasteiger charge is 2.34. The average molecular weight is 500 g/mol. The molecule has 3 aromatic rings. The lowest BCUT2D eigenvalue weighted by Crippen LogP contribution is -2.29. The number of alkyl halides is 2. The van der Waals surface area contributed by atoms with Crippen molar-refractivity contribution in [3.63, 3.8) is 0 Å². The predicted molar refractivity (Wildman–Crippen MR) is 141 cm³/mol. The summed E-state index contributed by atoms with van der Waals surface area (Å²) in [5, 5.41) is 13.6. The topological polar surface area (TPSA) is 59.3 Å². The molecule has 0 spiro atoms. The lowest BCUT2D eigenvalue weighted by molar-refractivity contribution is -0.158. The van der Waals surface area contributed by atoms with Crippen LogP contribution in [0.15, 0.2) is 42.5 Å². The molecular formula is C29H39F2N3O2. The van der Waals surface area contributed by atoms with E-state index in [0.29, 0.717) is 18.4 Å². The van der Waals surface area contributed by atoms with Crippen molar-refractivity contribution in [2.75, 3.05) is 5.32 Å². The van der Waals surface area contributed by atoms with Gasteiger partial charge in [-0.1, -0.05) is 26.8 Å². The van der Waals surface area contributed by atoms with Gasteiger partial charge >= 0.3 is 6.11 Å². The number of aryl methyl sites for hydroxylation is 1. The SMILES string of the molecule is C[C@@H]1C[C@H](n2c(Nc3ccc(OC(C)(F)F)cc3)nc3cc(CCC(C)(C)O)ccc32)CC(C)(C)C1. The number of aromatic nitrogens is 2. The Balaban J connectivity index is 1.69. The lowest BCUT2D eigenvalue weighted by atomic mass is 9.70. The fraction of sp³-hybridized carbons (Fsp3) is 0.552. The number of benzene rings is 2. The minimum Gasteiger partial charge on any atom is -0.433 e. The Bertz CT molecular complexity index is 1190. The molecule has 0 radical (unpaired) electrons. The molecule has 0 amide bonds. The third-order valence-electron chi connectivity index (χ3n) is 6.92. The Morgan fingerprint density at radius 3 is 2.42 bits per heavy atom. The summed E-state index contributed by atoms with van der Waals surface area (Å²) in [7, 11) is 0. The largest absolute Gasteiger partial charge is 0.433 e. The minimum atomic E-state index is -3.23. The second kappa shape index (κ2) is 9.66. The van der Waals surface area contributed by atoms with Gasteiger partial charge in [-0.15, -0.1) is 0 Å². The summed E-state index contributed by atoms with van der Waals surface area (Å²) >= 11 is 0. The van der Waals surface area contributed by atoms with Crippen molar-refractivity contribution >= 4 is 22.7 Å². The molecule has 4 rings (SSSR count). The number of imidazole rings is 1. The molecule has 0 aliphatic heterocycles. The Kier molecular flexibility index (Phi) is 7.08. The van der Waals surface area contributed by atoms with Gasteiger partial charge in [0.15, 0.2) is 0 Å². The average Bonchev–Trinajstić information content (AvgIpc) is 3.07. The molecule has 1 saturated carbocycles. The first kappa shape index (κ1) is 26.4. The Morgan fingerprint density at radius 1 is 1.11 bits per heavy atom. The monoisotopic (exact) mass is 499 g/mol. The van der Waals surface area contributed by atoms with E-state index in [9.17, 15) is 13.9 Å². The number of nitrogens with one attached hydrogen (secondary N) is 1.